The SMILES string of the molecule is CNCc1ccc(OC(C)C(=O)O)c(OC)c1. The van der Waals surface area contributed by atoms with Crippen LogP contribution in [0.15, 0.2) is 18.2 Å². The number of carboxylic acid groups (broad SMARTS) is 1. The van der Waals surface area contributed by atoms with Crippen molar-refractivity contribution in [3.8, 4) is 11.5 Å². The Balaban J connectivity index is 2.88. The zero-order chi connectivity index (χ0) is 12.8. The first kappa shape index (κ1) is 13.3. The van der Waals surface area contributed by atoms with Gasteiger partial charge in [0.25, 0.3) is 0 Å². The summed E-state index contributed by atoms with van der Waals surface area (Å²) in [6.45, 7) is 2.19. The molecule has 0 aliphatic heterocycles. The highest BCUT2D eigenvalue weighted by molar-refractivity contribution is 5.72. The number of nitrogens with one attached hydrogen (secondary N) is 1. The quantitative estimate of drug-likeness (QED) is 0.782. The minimum atomic E-state index is -1.01. The van der Waals surface area contributed by atoms with E-state index in [1.807, 2.05) is 19.2 Å². The van der Waals surface area contributed by atoms with Crippen molar-refractivity contribution in [1.82, 2.24) is 5.32 Å². The number of rotatable bonds is 6. The Hall–Kier alpha value is -1.75. The molecule has 1 atom stereocenters. The molecule has 0 saturated heterocycles. The molecule has 0 fully saturated rings. The van der Waals surface area contributed by atoms with E-state index in [0.29, 0.717) is 18.0 Å². The fraction of sp³-hybridized carbons (Fsp3) is 0.417. The lowest BCUT2D eigenvalue weighted by Crippen LogP contribution is -2.23. The summed E-state index contributed by atoms with van der Waals surface area (Å²) in [5.74, 6) is -0.0422. The maximum Gasteiger partial charge on any atom is 0.344 e. The summed E-state index contributed by atoms with van der Waals surface area (Å²) >= 11 is 0. The molecule has 5 heteroatoms. The van der Waals surface area contributed by atoms with Crippen molar-refractivity contribution in [1.29, 1.82) is 0 Å². The molecule has 0 aliphatic carbocycles. The lowest BCUT2D eigenvalue weighted by molar-refractivity contribution is -0.144. The largest absolute Gasteiger partial charge is 0.493 e. The van der Waals surface area contributed by atoms with Crippen LogP contribution in [0.3, 0.4) is 0 Å². The van der Waals surface area contributed by atoms with Crippen LogP contribution in [-0.2, 0) is 11.3 Å². The summed E-state index contributed by atoms with van der Waals surface area (Å²) in [4.78, 5) is 10.7. The van der Waals surface area contributed by atoms with E-state index >= 15 is 0 Å². The first-order valence-electron chi connectivity index (χ1n) is 5.29. The average molecular weight is 239 g/mol. The van der Waals surface area contributed by atoms with Crippen LogP contribution in [0.4, 0.5) is 0 Å². The summed E-state index contributed by atoms with van der Waals surface area (Å²) in [5.41, 5.74) is 1.04. The molecule has 1 rings (SSSR count). The number of ether oxygens (including phenoxy) is 2. The summed E-state index contributed by atoms with van der Waals surface area (Å²) in [6, 6.07) is 5.40. The van der Waals surface area contributed by atoms with Crippen molar-refractivity contribution in [2.24, 2.45) is 0 Å². The Bertz CT molecular complexity index is 392. The van der Waals surface area contributed by atoms with E-state index in [1.165, 1.54) is 14.0 Å². The molecule has 2 N–H and O–H groups in total. The van der Waals surface area contributed by atoms with Crippen LogP contribution in [0.25, 0.3) is 0 Å². The van der Waals surface area contributed by atoms with Gasteiger partial charge in [0.1, 0.15) is 0 Å². The predicted octanol–water partition coefficient (Wildman–Crippen LogP) is 1.27. The molecule has 1 aromatic rings. The van der Waals surface area contributed by atoms with Gasteiger partial charge in [0.05, 0.1) is 7.11 Å². The van der Waals surface area contributed by atoms with Crippen molar-refractivity contribution < 1.29 is 19.4 Å². The van der Waals surface area contributed by atoms with E-state index in [4.69, 9.17) is 14.6 Å². The van der Waals surface area contributed by atoms with E-state index < -0.39 is 12.1 Å². The third-order valence-corrected chi connectivity index (χ3v) is 2.26. The molecule has 0 radical (unpaired) electrons. The van der Waals surface area contributed by atoms with Crippen molar-refractivity contribution in [2.45, 2.75) is 19.6 Å². The maximum atomic E-state index is 10.7. The maximum absolute atomic E-state index is 10.7. The van der Waals surface area contributed by atoms with Gasteiger partial charge in [-0.05, 0) is 31.7 Å². The second-order valence-electron chi connectivity index (χ2n) is 3.61. The van der Waals surface area contributed by atoms with E-state index in [0.717, 1.165) is 5.56 Å². The van der Waals surface area contributed by atoms with Crippen LogP contribution < -0.4 is 14.8 Å². The Kier molecular flexibility index (Phi) is 4.78. The smallest absolute Gasteiger partial charge is 0.344 e. The van der Waals surface area contributed by atoms with E-state index in [9.17, 15) is 4.79 Å². The summed E-state index contributed by atoms with van der Waals surface area (Å²) in [5, 5.41) is 11.8. The Labute approximate surface area is 100 Å². The Morgan fingerprint density at radius 2 is 2.18 bits per heavy atom. The van der Waals surface area contributed by atoms with Crippen LogP contribution in [0, 0.1) is 0 Å². The van der Waals surface area contributed by atoms with Crippen LogP contribution in [0.5, 0.6) is 11.5 Å². The highest BCUT2D eigenvalue weighted by atomic mass is 16.5. The van der Waals surface area contributed by atoms with Gasteiger partial charge in [0.15, 0.2) is 17.6 Å². The van der Waals surface area contributed by atoms with Gasteiger partial charge < -0.3 is 19.9 Å². The molecule has 94 valence electrons. The van der Waals surface area contributed by atoms with Gasteiger partial charge in [-0.1, -0.05) is 6.07 Å². The molecular formula is C12H17NO4. The number of benzene rings is 1. The fourth-order valence-electron chi connectivity index (χ4n) is 1.36. The summed E-state index contributed by atoms with van der Waals surface area (Å²) in [7, 11) is 3.38. The highest BCUT2D eigenvalue weighted by Gasteiger charge is 2.15. The third-order valence-electron chi connectivity index (χ3n) is 2.26. The molecule has 5 nitrogen and oxygen atoms in total. The molecule has 17 heavy (non-hydrogen) atoms. The molecule has 0 aliphatic rings. The molecule has 0 heterocycles. The Morgan fingerprint density at radius 3 is 2.71 bits per heavy atom. The van der Waals surface area contributed by atoms with Crippen molar-refractivity contribution in [3.05, 3.63) is 23.8 Å². The van der Waals surface area contributed by atoms with Gasteiger partial charge in [0.2, 0.25) is 0 Å². The number of carboxylic acids is 1. The standard InChI is InChI=1S/C12H17NO4/c1-8(12(14)15)17-10-5-4-9(7-13-2)6-11(10)16-3/h4-6,8,13H,7H2,1-3H3,(H,14,15). The first-order chi connectivity index (χ1) is 8.08. The van der Waals surface area contributed by atoms with Crippen molar-refractivity contribution in [2.75, 3.05) is 14.2 Å². The molecule has 1 aromatic carbocycles. The number of hydrogen-bond acceptors (Lipinski definition) is 4. The first-order valence-corrected chi connectivity index (χ1v) is 5.29. The molecule has 0 amide bonds. The van der Waals surface area contributed by atoms with Gasteiger partial charge in [-0.15, -0.1) is 0 Å². The molecule has 0 bridgehead atoms. The van der Waals surface area contributed by atoms with E-state index in [-0.39, 0.29) is 0 Å². The Morgan fingerprint density at radius 1 is 1.47 bits per heavy atom. The van der Waals surface area contributed by atoms with E-state index in [2.05, 4.69) is 5.32 Å². The van der Waals surface area contributed by atoms with Crippen LogP contribution in [0.2, 0.25) is 0 Å². The third kappa shape index (κ3) is 3.64. The summed E-state index contributed by atoms with van der Waals surface area (Å²) < 4.78 is 10.5. The lowest BCUT2D eigenvalue weighted by atomic mass is 10.2. The van der Waals surface area contributed by atoms with Crippen LogP contribution >= 0.6 is 0 Å². The minimum absolute atomic E-state index is 0.433. The molecule has 0 saturated carbocycles. The minimum Gasteiger partial charge on any atom is -0.493 e. The molecule has 0 spiro atoms. The fourth-order valence-corrected chi connectivity index (χ4v) is 1.36. The number of methoxy groups -OCH3 is 1. The number of carbonyl (C=O) groups is 1. The zero-order valence-electron chi connectivity index (χ0n) is 10.2. The summed E-state index contributed by atoms with van der Waals surface area (Å²) in [6.07, 6.45) is -0.904. The van der Waals surface area contributed by atoms with Crippen LogP contribution in [0.1, 0.15) is 12.5 Å². The number of hydrogen-bond donors (Lipinski definition) is 2. The van der Waals surface area contributed by atoms with E-state index in [1.54, 1.807) is 6.07 Å². The van der Waals surface area contributed by atoms with Gasteiger partial charge in [-0.25, -0.2) is 4.79 Å². The average Bonchev–Trinajstić information content (AvgIpc) is 2.31. The van der Waals surface area contributed by atoms with Crippen molar-refractivity contribution >= 4 is 5.97 Å². The van der Waals surface area contributed by atoms with Gasteiger partial charge in [-0.3, -0.25) is 0 Å². The number of aliphatic carboxylic acids is 1. The monoisotopic (exact) mass is 239 g/mol. The van der Waals surface area contributed by atoms with Gasteiger partial charge in [0, 0.05) is 6.54 Å². The lowest BCUT2D eigenvalue weighted by Gasteiger charge is -2.14. The second-order valence-corrected chi connectivity index (χ2v) is 3.61. The molecule has 0 aromatic heterocycles. The van der Waals surface area contributed by atoms with Crippen molar-refractivity contribution in [3.63, 3.8) is 0 Å². The molecule has 1 unspecified atom stereocenters. The topological polar surface area (TPSA) is 67.8 Å². The van der Waals surface area contributed by atoms with Gasteiger partial charge >= 0.3 is 5.97 Å². The molecular weight excluding hydrogens is 222 g/mol. The normalized spacial score (nSPS) is 11.9. The van der Waals surface area contributed by atoms with Gasteiger partial charge in [-0.2, -0.15) is 0 Å². The highest BCUT2D eigenvalue weighted by Crippen LogP contribution is 2.28. The predicted molar refractivity (Wildman–Crippen MR) is 63.5 cm³/mol. The van der Waals surface area contributed by atoms with Crippen LogP contribution in [-0.4, -0.2) is 31.3 Å². The zero-order valence-corrected chi connectivity index (χ0v) is 10.2. The second kappa shape index (κ2) is 6.10.